The summed E-state index contributed by atoms with van der Waals surface area (Å²) in [5, 5.41) is 8.76. The lowest BCUT2D eigenvalue weighted by atomic mass is 9.87. The molecule has 3 N–H and O–H groups in total. The van der Waals surface area contributed by atoms with Gasteiger partial charge in [-0.05, 0) is 62.1 Å². The van der Waals surface area contributed by atoms with Crippen molar-refractivity contribution in [3.8, 4) is 0 Å². The molecule has 1 aromatic carbocycles. The van der Waals surface area contributed by atoms with Gasteiger partial charge in [-0.15, -0.1) is 0 Å². The summed E-state index contributed by atoms with van der Waals surface area (Å²) < 4.78 is 23.2. The number of primary sulfonamides is 1. The lowest BCUT2D eigenvalue weighted by Crippen LogP contribution is -2.29. The average molecular weight is 306 g/mol. The summed E-state index contributed by atoms with van der Waals surface area (Å²) >= 11 is 0. The predicted octanol–water partition coefficient (Wildman–Crippen LogP) is 2.66. The molecule has 4 atom stereocenters. The second-order valence-electron chi connectivity index (χ2n) is 6.35. The number of rotatable bonds is 4. The van der Waals surface area contributed by atoms with E-state index in [0.717, 1.165) is 11.6 Å². The average Bonchev–Trinajstić information content (AvgIpc) is 3.02. The number of sulfonamides is 1. The van der Waals surface area contributed by atoms with E-state index in [2.05, 4.69) is 24.4 Å². The van der Waals surface area contributed by atoms with Crippen molar-refractivity contribution in [2.75, 3.05) is 5.32 Å². The van der Waals surface area contributed by atoms with Gasteiger partial charge in [-0.1, -0.05) is 18.2 Å². The minimum absolute atomic E-state index is 0.201. The molecule has 1 saturated carbocycles. The molecule has 2 aliphatic carbocycles. The molecular formula is C16H22N2O2S. The Hall–Kier alpha value is -1.33. The molecule has 21 heavy (non-hydrogen) atoms. The second-order valence-corrected chi connectivity index (χ2v) is 7.88. The zero-order valence-corrected chi connectivity index (χ0v) is 13.2. The van der Waals surface area contributed by atoms with Crippen LogP contribution in [0.4, 0.5) is 5.69 Å². The van der Waals surface area contributed by atoms with Crippen LogP contribution >= 0.6 is 0 Å². The van der Waals surface area contributed by atoms with E-state index >= 15 is 0 Å². The molecule has 4 nitrogen and oxygen atoms in total. The standard InChI is InChI=1S/C16H22N2O2S/c1-10-15(4-3-5-16(10)21(17,19)20)18-11(2)14-9-12-6-7-13(14)8-12/h3-7,11-14,18H,8-9H2,1-2H3,(H2,17,19,20). The van der Waals surface area contributed by atoms with Crippen LogP contribution < -0.4 is 10.5 Å². The van der Waals surface area contributed by atoms with Gasteiger partial charge in [0.2, 0.25) is 10.0 Å². The molecule has 114 valence electrons. The molecule has 1 fully saturated rings. The van der Waals surface area contributed by atoms with E-state index < -0.39 is 10.0 Å². The van der Waals surface area contributed by atoms with Crippen molar-refractivity contribution in [3.05, 3.63) is 35.9 Å². The highest BCUT2D eigenvalue weighted by Gasteiger charge is 2.38. The number of hydrogen-bond acceptors (Lipinski definition) is 3. The van der Waals surface area contributed by atoms with Crippen molar-refractivity contribution >= 4 is 15.7 Å². The molecule has 0 amide bonds. The predicted molar refractivity (Wildman–Crippen MR) is 84.5 cm³/mol. The fourth-order valence-electron chi connectivity index (χ4n) is 3.83. The Morgan fingerprint density at radius 1 is 1.29 bits per heavy atom. The lowest BCUT2D eigenvalue weighted by Gasteiger charge is -2.28. The SMILES string of the molecule is Cc1c(NC(C)C2CC3C=CC2C3)cccc1S(N)(=O)=O. The smallest absolute Gasteiger partial charge is 0.238 e. The fourth-order valence-corrected chi connectivity index (χ4v) is 4.63. The molecule has 0 saturated heterocycles. The third kappa shape index (κ3) is 2.72. The van der Waals surface area contributed by atoms with Gasteiger partial charge in [0.1, 0.15) is 0 Å². The van der Waals surface area contributed by atoms with Crippen LogP contribution in [0.3, 0.4) is 0 Å². The third-order valence-corrected chi connectivity index (χ3v) is 6.00. The Balaban J connectivity index is 1.81. The van der Waals surface area contributed by atoms with Crippen LogP contribution in [0.2, 0.25) is 0 Å². The van der Waals surface area contributed by atoms with Crippen molar-refractivity contribution in [2.45, 2.75) is 37.6 Å². The van der Waals surface area contributed by atoms with Gasteiger partial charge >= 0.3 is 0 Å². The molecule has 0 heterocycles. The fraction of sp³-hybridized carbons (Fsp3) is 0.500. The third-order valence-electron chi connectivity index (χ3n) is 4.95. The van der Waals surface area contributed by atoms with Crippen LogP contribution in [0, 0.1) is 24.7 Å². The number of allylic oxidation sites excluding steroid dienone is 2. The number of nitrogens with two attached hydrogens (primary N) is 1. The summed E-state index contributed by atoms with van der Waals surface area (Å²) in [6.07, 6.45) is 7.17. The first-order valence-electron chi connectivity index (χ1n) is 7.43. The van der Waals surface area contributed by atoms with Gasteiger partial charge in [-0.2, -0.15) is 0 Å². The summed E-state index contributed by atoms with van der Waals surface area (Å²) in [6.45, 7) is 3.98. The Morgan fingerprint density at radius 3 is 2.62 bits per heavy atom. The van der Waals surface area contributed by atoms with Crippen molar-refractivity contribution in [1.82, 2.24) is 0 Å². The molecule has 3 rings (SSSR count). The minimum Gasteiger partial charge on any atom is -0.382 e. The quantitative estimate of drug-likeness (QED) is 0.840. The van der Waals surface area contributed by atoms with E-state index in [9.17, 15) is 8.42 Å². The van der Waals surface area contributed by atoms with Crippen LogP contribution in [-0.2, 0) is 10.0 Å². The van der Waals surface area contributed by atoms with E-state index in [-0.39, 0.29) is 4.90 Å². The van der Waals surface area contributed by atoms with Crippen molar-refractivity contribution in [3.63, 3.8) is 0 Å². The maximum absolute atomic E-state index is 11.6. The first-order valence-corrected chi connectivity index (χ1v) is 8.98. The van der Waals surface area contributed by atoms with E-state index in [1.54, 1.807) is 19.1 Å². The lowest BCUT2D eigenvalue weighted by molar-refractivity contribution is 0.399. The molecule has 5 heteroatoms. The van der Waals surface area contributed by atoms with Crippen LogP contribution in [0.15, 0.2) is 35.2 Å². The summed E-state index contributed by atoms with van der Waals surface area (Å²) in [4.78, 5) is 0.201. The Kier molecular flexibility index (Phi) is 3.58. The summed E-state index contributed by atoms with van der Waals surface area (Å²) in [6, 6.07) is 5.53. The molecule has 2 bridgehead atoms. The Labute approximate surface area is 126 Å². The topological polar surface area (TPSA) is 72.2 Å². The highest BCUT2D eigenvalue weighted by molar-refractivity contribution is 7.89. The summed E-state index contributed by atoms with van der Waals surface area (Å²) in [7, 11) is -3.67. The number of hydrogen-bond donors (Lipinski definition) is 2. The molecular weight excluding hydrogens is 284 g/mol. The molecule has 0 radical (unpaired) electrons. The first-order chi connectivity index (χ1) is 9.86. The van der Waals surface area contributed by atoms with Gasteiger partial charge in [0.15, 0.2) is 0 Å². The maximum Gasteiger partial charge on any atom is 0.238 e. The number of anilines is 1. The van der Waals surface area contributed by atoms with E-state index in [0.29, 0.717) is 23.4 Å². The van der Waals surface area contributed by atoms with Gasteiger partial charge in [0, 0.05) is 11.7 Å². The van der Waals surface area contributed by atoms with Crippen molar-refractivity contribution in [2.24, 2.45) is 22.9 Å². The van der Waals surface area contributed by atoms with Crippen molar-refractivity contribution < 1.29 is 8.42 Å². The molecule has 0 aromatic heterocycles. The molecule has 4 unspecified atom stereocenters. The zero-order chi connectivity index (χ0) is 15.2. The van der Waals surface area contributed by atoms with Crippen LogP contribution in [0.5, 0.6) is 0 Å². The zero-order valence-electron chi connectivity index (χ0n) is 12.4. The van der Waals surface area contributed by atoms with Crippen molar-refractivity contribution in [1.29, 1.82) is 0 Å². The molecule has 2 aliphatic rings. The van der Waals surface area contributed by atoms with Gasteiger partial charge in [0.05, 0.1) is 4.90 Å². The Bertz CT molecular complexity index is 682. The number of benzene rings is 1. The maximum atomic E-state index is 11.6. The highest BCUT2D eigenvalue weighted by Crippen LogP contribution is 2.45. The van der Waals surface area contributed by atoms with E-state index in [1.165, 1.54) is 12.8 Å². The number of fused-ring (bicyclic) bond motifs is 2. The van der Waals surface area contributed by atoms with Gasteiger partial charge in [-0.25, -0.2) is 13.6 Å². The largest absolute Gasteiger partial charge is 0.382 e. The van der Waals surface area contributed by atoms with Crippen LogP contribution in [0.25, 0.3) is 0 Å². The molecule has 0 spiro atoms. The van der Waals surface area contributed by atoms with Crippen LogP contribution in [0.1, 0.15) is 25.3 Å². The van der Waals surface area contributed by atoms with Gasteiger partial charge < -0.3 is 5.32 Å². The van der Waals surface area contributed by atoms with Gasteiger partial charge in [0.25, 0.3) is 0 Å². The minimum atomic E-state index is -3.67. The molecule has 0 aliphatic heterocycles. The summed E-state index contributed by atoms with van der Waals surface area (Å²) in [5.41, 5.74) is 1.56. The first kappa shape index (κ1) is 14.6. The summed E-state index contributed by atoms with van der Waals surface area (Å²) in [5.74, 6) is 2.03. The monoisotopic (exact) mass is 306 g/mol. The van der Waals surface area contributed by atoms with Crippen LogP contribution in [-0.4, -0.2) is 14.5 Å². The molecule has 1 aromatic rings. The normalized spacial score (nSPS) is 28.8. The second kappa shape index (κ2) is 5.14. The number of nitrogens with one attached hydrogen (secondary N) is 1. The van der Waals surface area contributed by atoms with E-state index in [4.69, 9.17) is 5.14 Å². The van der Waals surface area contributed by atoms with Gasteiger partial charge in [-0.3, -0.25) is 0 Å². The highest BCUT2D eigenvalue weighted by atomic mass is 32.2. The van der Waals surface area contributed by atoms with E-state index in [1.807, 2.05) is 6.07 Å². The Morgan fingerprint density at radius 2 is 2.05 bits per heavy atom.